The number of para-hydroxylation sites is 1. The summed E-state index contributed by atoms with van der Waals surface area (Å²) < 4.78 is 5.68. The van der Waals surface area contributed by atoms with Crippen molar-refractivity contribution in [1.82, 2.24) is 0 Å². The molecule has 1 N–H and O–H groups in total. The van der Waals surface area contributed by atoms with Gasteiger partial charge in [0.05, 0.1) is 0 Å². The van der Waals surface area contributed by atoms with Crippen LogP contribution < -0.4 is 10.1 Å². The second-order valence-corrected chi connectivity index (χ2v) is 7.29. The fourth-order valence-electron chi connectivity index (χ4n) is 3.73. The zero-order chi connectivity index (χ0) is 17.7. The summed E-state index contributed by atoms with van der Waals surface area (Å²) in [6.45, 7) is 6.13. The van der Waals surface area contributed by atoms with Crippen LogP contribution in [0.5, 0.6) is 5.75 Å². The van der Waals surface area contributed by atoms with E-state index in [1.165, 1.54) is 10.8 Å². The highest BCUT2D eigenvalue weighted by Crippen LogP contribution is 2.50. The van der Waals surface area contributed by atoms with Crippen molar-refractivity contribution < 1.29 is 9.53 Å². The lowest BCUT2D eigenvalue weighted by Crippen LogP contribution is -2.55. The number of fused-ring (bicyclic) bond motifs is 3. The van der Waals surface area contributed by atoms with Crippen LogP contribution in [-0.2, 0) is 10.2 Å². The summed E-state index contributed by atoms with van der Waals surface area (Å²) in [5.41, 5.74) is 0.888. The Morgan fingerprint density at radius 3 is 2.32 bits per heavy atom. The van der Waals surface area contributed by atoms with Crippen molar-refractivity contribution in [2.24, 2.45) is 0 Å². The number of anilines is 1. The minimum atomic E-state index is -0.852. The lowest BCUT2D eigenvalue weighted by Gasteiger charge is -2.36. The summed E-state index contributed by atoms with van der Waals surface area (Å²) >= 11 is 0. The normalized spacial score (nSPS) is 20.8. The number of ether oxygens (including phenoxy) is 1. The van der Waals surface area contributed by atoms with Gasteiger partial charge in [-0.1, -0.05) is 62.4 Å². The summed E-state index contributed by atoms with van der Waals surface area (Å²) in [5, 5.41) is 5.79. The van der Waals surface area contributed by atoms with Gasteiger partial charge < -0.3 is 10.1 Å². The maximum absolute atomic E-state index is 13.1. The smallest absolute Gasteiger partial charge is 0.337 e. The maximum atomic E-state index is 13.1. The largest absolute Gasteiger partial charge is 0.425 e. The molecule has 1 unspecified atom stereocenters. The molecule has 126 valence electrons. The van der Waals surface area contributed by atoms with Gasteiger partial charge in [0.25, 0.3) is 0 Å². The average molecular weight is 331 g/mol. The SMILES string of the molecule is CC1(C(=O)Oc2ccccc2)Nc2ccc3ccccc3c2C1(C)C. The van der Waals surface area contributed by atoms with Gasteiger partial charge in [0.15, 0.2) is 0 Å². The molecule has 3 nitrogen and oxygen atoms in total. The zero-order valence-electron chi connectivity index (χ0n) is 14.7. The predicted molar refractivity (Wildman–Crippen MR) is 101 cm³/mol. The molecule has 0 saturated heterocycles. The van der Waals surface area contributed by atoms with Crippen molar-refractivity contribution >= 4 is 22.4 Å². The molecule has 0 aliphatic carbocycles. The lowest BCUT2D eigenvalue weighted by molar-refractivity contribution is -0.140. The topological polar surface area (TPSA) is 38.3 Å². The van der Waals surface area contributed by atoms with Crippen LogP contribution in [0.2, 0.25) is 0 Å². The van der Waals surface area contributed by atoms with Gasteiger partial charge in [0, 0.05) is 11.1 Å². The number of carbonyl (C=O) groups excluding carboxylic acids is 1. The summed E-state index contributed by atoms with van der Waals surface area (Å²) in [6, 6.07) is 21.7. The third-order valence-electron chi connectivity index (χ3n) is 5.55. The minimum Gasteiger partial charge on any atom is -0.425 e. The van der Waals surface area contributed by atoms with Gasteiger partial charge in [-0.05, 0) is 41.5 Å². The van der Waals surface area contributed by atoms with E-state index in [2.05, 4.69) is 43.4 Å². The van der Waals surface area contributed by atoms with Crippen LogP contribution in [0.15, 0.2) is 66.7 Å². The molecule has 0 fully saturated rings. The van der Waals surface area contributed by atoms with Gasteiger partial charge in [-0.3, -0.25) is 0 Å². The Bertz CT molecular complexity index is 962. The van der Waals surface area contributed by atoms with E-state index < -0.39 is 11.0 Å². The highest BCUT2D eigenvalue weighted by molar-refractivity contribution is 5.99. The third kappa shape index (κ3) is 2.23. The van der Waals surface area contributed by atoms with Crippen LogP contribution in [0.25, 0.3) is 10.8 Å². The van der Waals surface area contributed by atoms with E-state index in [9.17, 15) is 4.79 Å². The van der Waals surface area contributed by atoms with Crippen molar-refractivity contribution in [3.63, 3.8) is 0 Å². The molecular formula is C22H21NO2. The molecule has 0 radical (unpaired) electrons. The number of carbonyl (C=O) groups is 1. The molecule has 3 aromatic rings. The Kier molecular flexibility index (Phi) is 3.36. The van der Waals surface area contributed by atoms with E-state index in [1.54, 1.807) is 12.1 Å². The number of benzene rings is 3. The standard InChI is InChI=1S/C22H21NO2/c1-21(2)19-17-12-8-7-9-15(17)13-14-18(19)23-22(21,3)20(24)25-16-10-5-4-6-11-16/h4-14,23H,1-3H3. The first-order chi connectivity index (χ1) is 11.9. The Hall–Kier alpha value is -2.81. The van der Waals surface area contributed by atoms with E-state index >= 15 is 0 Å². The molecule has 0 amide bonds. The molecule has 25 heavy (non-hydrogen) atoms. The molecule has 0 aromatic heterocycles. The van der Waals surface area contributed by atoms with E-state index in [1.807, 2.05) is 37.3 Å². The molecule has 1 heterocycles. The number of hydrogen-bond donors (Lipinski definition) is 1. The number of esters is 1. The first kappa shape index (κ1) is 15.7. The van der Waals surface area contributed by atoms with Gasteiger partial charge in [0.1, 0.15) is 11.3 Å². The van der Waals surface area contributed by atoms with Crippen molar-refractivity contribution in [3.8, 4) is 5.75 Å². The van der Waals surface area contributed by atoms with Crippen LogP contribution >= 0.6 is 0 Å². The first-order valence-corrected chi connectivity index (χ1v) is 8.51. The molecule has 1 atom stereocenters. The monoisotopic (exact) mass is 331 g/mol. The average Bonchev–Trinajstić information content (AvgIpc) is 2.83. The van der Waals surface area contributed by atoms with Crippen molar-refractivity contribution in [1.29, 1.82) is 0 Å². The Morgan fingerprint density at radius 2 is 1.56 bits per heavy atom. The zero-order valence-corrected chi connectivity index (χ0v) is 14.7. The van der Waals surface area contributed by atoms with Crippen LogP contribution in [0.1, 0.15) is 26.3 Å². The van der Waals surface area contributed by atoms with Crippen LogP contribution in [0, 0.1) is 0 Å². The van der Waals surface area contributed by atoms with Gasteiger partial charge in [0.2, 0.25) is 0 Å². The van der Waals surface area contributed by atoms with Crippen molar-refractivity contribution in [3.05, 3.63) is 72.3 Å². The molecule has 3 aromatic carbocycles. The Morgan fingerprint density at radius 1 is 0.880 bits per heavy atom. The van der Waals surface area contributed by atoms with E-state index in [4.69, 9.17) is 4.74 Å². The number of hydrogen-bond acceptors (Lipinski definition) is 3. The van der Waals surface area contributed by atoms with Gasteiger partial charge in [-0.2, -0.15) is 0 Å². The highest BCUT2D eigenvalue weighted by atomic mass is 16.5. The fraction of sp³-hybridized carbons (Fsp3) is 0.227. The quantitative estimate of drug-likeness (QED) is 0.536. The van der Waals surface area contributed by atoms with Crippen molar-refractivity contribution in [2.75, 3.05) is 5.32 Å². The van der Waals surface area contributed by atoms with Crippen LogP contribution in [0.3, 0.4) is 0 Å². The summed E-state index contributed by atoms with van der Waals surface area (Å²) in [4.78, 5) is 13.1. The predicted octanol–water partition coefficient (Wildman–Crippen LogP) is 4.91. The Labute approximate surface area is 147 Å². The summed E-state index contributed by atoms with van der Waals surface area (Å²) in [7, 11) is 0. The lowest BCUT2D eigenvalue weighted by atomic mass is 9.70. The third-order valence-corrected chi connectivity index (χ3v) is 5.55. The van der Waals surface area contributed by atoms with Crippen LogP contribution in [-0.4, -0.2) is 11.5 Å². The molecule has 1 aliphatic heterocycles. The fourth-order valence-corrected chi connectivity index (χ4v) is 3.73. The molecule has 4 rings (SSSR count). The number of nitrogens with one attached hydrogen (secondary N) is 1. The van der Waals surface area contributed by atoms with Crippen molar-refractivity contribution in [2.45, 2.75) is 31.7 Å². The first-order valence-electron chi connectivity index (χ1n) is 8.51. The Balaban J connectivity index is 1.79. The van der Waals surface area contributed by atoms with Gasteiger partial charge in [-0.15, -0.1) is 0 Å². The van der Waals surface area contributed by atoms with Gasteiger partial charge in [-0.25, -0.2) is 4.79 Å². The summed E-state index contributed by atoms with van der Waals surface area (Å²) in [6.07, 6.45) is 0. The van der Waals surface area contributed by atoms with E-state index in [0.717, 1.165) is 11.3 Å². The summed E-state index contributed by atoms with van der Waals surface area (Å²) in [5.74, 6) is 0.288. The van der Waals surface area contributed by atoms with E-state index in [-0.39, 0.29) is 5.97 Å². The van der Waals surface area contributed by atoms with Crippen LogP contribution in [0.4, 0.5) is 5.69 Å². The maximum Gasteiger partial charge on any atom is 0.337 e. The molecule has 0 bridgehead atoms. The second-order valence-electron chi connectivity index (χ2n) is 7.29. The number of rotatable bonds is 2. The van der Waals surface area contributed by atoms with E-state index in [0.29, 0.717) is 5.75 Å². The molecule has 0 spiro atoms. The molecule has 1 aliphatic rings. The highest BCUT2D eigenvalue weighted by Gasteiger charge is 2.55. The molecule has 3 heteroatoms. The molecule has 0 saturated carbocycles. The van der Waals surface area contributed by atoms with Gasteiger partial charge >= 0.3 is 5.97 Å². The minimum absolute atomic E-state index is 0.274. The second kappa shape index (κ2) is 5.35. The molecular weight excluding hydrogens is 310 g/mol.